The van der Waals surface area contributed by atoms with Crippen molar-refractivity contribution < 1.29 is 29.3 Å². The Bertz CT molecular complexity index is 1330. The van der Waals surface area contributed by atoms with Crippen molar-refractivity contribution in [3.63, 3.8) is 0 Å². The zero-order valence-corrected chi connectivity index (χ0v) is 24.2. The SMILES string of the molecule is O=C(O)CCCCC(=O)Nc1cccc([C@@H]2O[C@H](CN3CCN(c4ncccn4)CC3)C[C@H](c3ccc(CO)cc3)O2)c1. The third kappa shape index (κ3) is 8.80. The molecule has 3 heterocycles. The number of carbonyl (C=O) groups is 2. The van der Waals surface area contributed by atoms with Gasteiger partial charge in [0.2, 0.25) is 11.9 Å². The molecule has 3 atom stereocenters. The lowest BCUT2D eigenvalue weighted by Gasteiger charge is -2.40. The molecule has 0 bridgehead atoms. The second-order valence-electron chi connectivity index (χ2n) is 11.0. The molecule has 2 aromatic carbocycles. The number of hydrogen-bond donors (Lipinski definition) is 3. The lowest BCUT2D eigenvalue weighted by atomic mass is 9.99. The van der Waals surface area contributed by atoms with E-state index in [1.807, 2.05) is 54.6 Å². The van der Waals surface area contributed by atoms with Gasteiger partial charge in [0.1, 0.15) is 0 Å². The van der Waals surface area contributed by atoms with E-state index in [1.54, 1.807) is 12.4 Å². The number of hydrogen-bond acceptors (Lipinski definition) is 9. The molecular formula is C32H39N5O6. The van der Waals surface area contributed by atoms with Gasteiger partial charge in [0.25, 0.3) is 0 Å². The van der Waals surface area contributed by atoms with Gasteiger partial charge in [-0.05, 0) is 42.2 Å². The van der Waals surface area contributed by atoms with Gasteiger partial charge in [0.15, 0.2) is 6.29 Å². The second kappa shape index (κ2) is 15.0. The Labute approximate surface area is 251 Å². The second-order valence-corrected chi connectivity index (χ2v) is 11.0. The fourth-order valence-electron chi connectivity index (χ4n) is 5.45. The van der Waals surface area contributed by atoms with Crippen molar-refractivity contribution in [1.82, 2.24) is 14.9 Å². The number of carboxylic acid groups (broad SMARTS) is 1. The number of nitrogens with zero attached hydrogens (tertiary/aromatic N) is 4. The summed E-state index contributed by atoms with van der Waals surface area (Å²) in [6.45, 7) is 4.14. The number of aliphatic carboxylic acids is 1. The van der Waals surface area contributed by atoms with E-state index >= 15 is 0 Å². The van der Waals surface area contributed by atoms with Gasteiger partial charge in [-0.2, -0.15) is 0 Å². The summed E-state index contributed by atoms with van der Waals surface area (Å²) < 4.78 is 13.0. The number of benzene rings is 2. The highest BCUT2D eigenvalue weighted by molar-refractivity contribution is 5.90. The summed E-state index contributed by atoms with van der Waals surface area (Å²) in [6, 6.07) is 17.1. The van der Waals surface area contributed by atoms with Gasteiger partial charge in [0.05, 0.1) is 18.8 Å². The normalized spacial score (nSPS) is 21.0. The topological polar surface area (TPSA) is 137 Å². The molecule has 3 aromatic rings. The van der Waals surface area contributed by atoms with E-state index in [0.29, 0.717) is 24.9 Å². The number of rotatable bonds is 12. The first-order chi connectivity index (χ1) is 21.0. The van der Waals surface area contributed by atoms with Crippen LogP contribution in [0.3, 0.4) is 0 Å². The summed E-state index contributed by atoms with van der Waals surface area (Å²) in [4.78, 5) is 36.6. The van der Waals surface area contributed by atoms with Gasteiger partial charge in [-0.3, -0.25) is 14.5 Å². The van der Waals surface area contributed by atoms with Crippen LogP contribution in [0.2, 0.25) is 0 Å². The van der Waals surface area contributed by atoms with E-state index in [0.717, 1.165) is 55.4 Å². The summed E-state index contributed by atoms with van der Waals surface area (Å²) in [5, 5.41) is 21.2. The fourth-order valence-corrected chi connectivity index (χ4v) is 5.45. The molecule has 3 N–H and O–H groups in total. The quantitative estimate of drug-likeness (QED) is 0.267. The predicted octanol–water partition coefficient (Wildman–Crippen LogP) is 3.92. The minimum atomic E-state index is -0.856. The van der Waals surface area contributed by atoms with Crippen LogP contribution in [0, 0.1) is 0 Å². The molecular weight excluding hydrogens is 550 g/mol. The standard InChI is InChI=1S/C32H39N5O6/c38-22-23-9-11-24(12-10-23)28-20-27(21-36-15-17-37(18-16-36)32-33-13-4-14-34-32)42-31(43-28)25-5-3-6-26(19-25)35-29(39)7-1-2-8-30(40)41/h3-6,9-14,19,27-28,31,38H,1-2,7-8,15-18,20-22H2,(H,35,39)(H,40,41)/t27-,28+,31+/m0/s1. The van der Waals surface area contributed by atoms with Crippen molar-refractivity contribution in [2.75, 3.05) is 42.9 Å². The monoisotopic (exact) mass is 589 g/mol. The van der Waals surface area contributed by atoms with Gasteiger partial charge < -0.3 is 29.9 Å². The van der Waals surface area contributed by atoms with Crippen molar-refractivity contribution in [3.05, 3.63) is 83.7 Å². The van der Waals surface area contributed by atoms with Gasteiger partial charge in [0, 0.05) is 75.6 Å². The van der Waals surface area contributed by atoms with Crippen LogP contribution in [0.1, 0.15) is 61.2 Å². The Morgan fingerprint density at radius 2 is 1.65 bits per heavy atom. The van der Waals surface area contributed by atoms with Crippen molar-refractivity contribution in [1.29, 1.82) is 0 Å². The van der Waals surface area contributed by atoms with E-state index < -0.39 is 12.3 Å². The number of nitrogens with one attached hydrogen (secondary N) is 1. The Hall–Kier alpha value is -3.90. The summed E-state index contributed by atoms with van der Waals surface area (Å²) in [7, 11) is 0. The van der Waals surface area contributed by atoms with Gasteiger partial charge >= 0.3 is 5.97 Å². The average molecular weight is 590 g/mol. The summed E-state index contributed by atoms with van der Waals surface area (Å²) >= 11 is 0. The zero-order valence-electron chi connectivity index (χ0n) is 24.2. The Kier molecular flexibility index (Phi) is 10.7. The first-order valence-corrected chi connectivity index (χ1v) is 14.8. The molecule has 1 aromatic heterocycles. The maximum atomic E-state index is 12.5. The number of aromatic nitrogens is 2. The molecule has 5 rings (SSSR count). The maximum Gasteiger partial charge on any atom is 0.303 e. The fraction of sp³-hybridized carbons (Fsp3) is 0.438. The van der Waals surface area contributed by atoms with E-state index in [4.69, 9.17) is 14.6 Å². The largest absolute Gasteiger partial charge is 0.481 e. The lowest BCUT2D eigenvalue weighted by molar-refractivity contribution is -0.253. The first-order valence-electron chi connectivity index (χ1n) is 14.8. The highest BCUT2D eigenvalue weighted by atomic mass is 16.7. The van der Waals surface area contributed by atoms with Crippen LogP contribution in [0.4, 0.5) is 11.6 Å². The molecule has 1 amide bonds. The Morgan fingerprint density at radius 1 is 0.907 bits per heavy atom. The smallest absolute Gasteiger partial charge is 0.303 e. The lowest BCUT2D eigenvalue weighted by Crippen LogP contribution is -2.50. The average Bonchev–Trinajstić information content (AvgIpc) is 3.04. The Morgan fingerprint density at radius 3 is 2.37 bits per heavy atom. The number of unbranched alkanes of at least 4 members (excludes halogenated alkanes) is 1. The van der Waals surface area contributed by atoms with E-state index in [1.165, 1.54) is 0 Å². The number of amides is 1. The molecule has 2 aliphatic rings. The molecule has 2 saturated heterocycles. The maximum absolute atomic E-state index is 12.5. The minimum Gasteiger partial charge on any atom is -0.481 e. The van der Waals surface area contributed by atoms with E-state index in [2.05, 4.69) is 25.1 Å². The molecule has 2 fully saturated rings. The molecule has 0 radical (unpaired) electrons. The van der Waals surface area contributed by atoms with Crippen molar-refractivity contribution in [2.24, 2.45) is 0 Å². The van der Waals surface area contributed by atoms with Crippen LogP contribution < -0.4 is 10.2 Å². The van der Waals surface area contributed by atoms with Crippen LogP contribution in [0.25, 0.3) is 0 Å². The van der Waals surface area contributed by atoms with Crippen LogP contribution in [0.5, 0.6) is 0 Å². The number of aliphatic hydroxyl groups excluding tert-OH is 1. The van der Waals surface area contributed by atoms with Crippen molar-refractivity contribution in [2.45, 2.75) is 57.2 Å². The van der Waals surface area contributed by atoms with Gasteiger partial charge in [-0.15, -0.1) is 0 Å². The first kappa shape index (κ1) is 30.6. The molecule has 11 nitrogen and oxygen atoms in total. The molecule has 2 aliphatic heterocycles. The molecule has 43 heavy (non-hydrogen) atoms. The summed E-state index contributed by atoms with van der Waals surface area (Å²) in [5.74, 6) is -0.262. The third-order valence-corrected chi connectivity index (χ3v) is 7.77. The number of carbonyl (C=O) groups excluding carboxylic acids is 1. The molecule has 0 spiro atoms. The summed E-state index contributed by atoms with van der Waals surface area (Å²) in [6.07, 6.45) is 4.57. The predicted molar refractivity (Wildman–Crippen MR) is 160 cm³/mol. The van der Waals surface area contributed by atoms with Crippen molar-refractivity contribution in [3.8, 4) is 0 Å². The van der Waals surface area contributed by atoms with E-state index in [-0.39, 0.29) is 37.6 Å². The minimum absolute atomic E-state index is 0.0156. The molecule has 0 aliphatic carbocycles. The number of carboxylic acids is 1. The van der Waals surface area contributed by atoms with Crippen LogP contribution in [-0.4, -0.2) is 75.8 Å². The third-order valence-electron chi connectivity index (χ3n) is 7.77. The Balaban J connectivity index is 1.25. The van der Waals surface area contributed by atoms with Crippen LogP contribution in [0.15, 0.2) is 67.0 Å². The van der Waals surface area contributed by atoms with E-state index in [9.17, 15) is 14.7 Å². The van der Waals surface area contributed by atoms with Crippen molar-refractivity contribution >= 4 is 23.5 Å². The number of anilines is 2. The number of ether oxygens (including phenoxy) is 2. The highest BCUT2D eigenvalue weighted by Crippen LogP contribution is 2.38. The molecule has 0 saturated carbocycles. The zero-order chi connectivity index (χ0) is 30.0. The van der Waals surface area contributed by atoms with Crippen LogP contribution in [-0.2, 0) is 25.7 Å². The van der Waals surface area contributed by atoms with Gasteiger partial charge in [-0.25, -0.2) is 9.97 Å². The molecule has 0 unspecified atom stereocenters. The van der Waals surface area contributed by atoms with Crippen LogP contribution >= 0.6 is 0 Å². The number of aliphatic hydroxyl groups is 1. The highest BCUT2D eigenvalue weighted by Gasteiger charge is 2.34. The molecule has 228 valence electrons. The van der Waals surface area contributed by atoms with Gasteiger partial charge in [-0.1, -0.05) is 36.4 Å². The number of piperazine rings is 1. The summed E-state index contributed by atoms with van der Waals surface area (Å²) in [5.41, 5.74) is 3.30. The molecule has 11 heteroatoms.